The number of rotatable bonds is 7. The van der Waals surface area contributed by atoms with Gasteiger partial charge in [-0.1, -0.05) is 6.07 Å². The number of ether oxygens (including phenoxy) is 2. The predicted octanol–water partition coefficient (Wildman–Crippen LogP) is 3.48. The van der Waals surface area contributed by atoms with Crippen LogP contribution in [0.5, 0.6) is 11.5 Å². The topological polar surface area (TPSA) is 34.6 Å². The fraction of sp³-hybridized carbons (Fsp3) is 0.389. The number of hydrogen-bond acceptors (Lipinski definition) is 4. The lowest BCUT2D eigenvalue weighted by atomic mass is 10.1. The molecule has 0 aliphatic carbocycles. The Hall–Kier alpha value is -2.07. The van der Waals surface area contributed by atoms with E-state index in [0.29, 0.717) is 6.61 Å². The molecular formula is C18H24N2O2. The number of nitrogens with zero attached hydrogens (tertiary/aromatic N) is 2. The molecule has 0 saturated carbocycles. The van der Waals surface area contributed by atoms with Crippen LogP contribution in [0.3, 0.4) is 0 Å². The maximum absolute atomic E-state index is 5.94. The Labute approximate surface area is 132 Å². The van der Waals surface area contributed by atoms with Gasteiger partial charge in [-0.15, -0.1) is 0 Å². The average Bonchev–Trinajstić information content (AvgIpc) is 2.47. The van der Waals surface area contributed by atoms with Gasteiger partial charge in [-0.3, -0.25) is 4.98 Å². The van der Waals surface area contributed by atoms with E-state index < -0.39 is 0 Å². The summed E-state index contributed by atoms with van der Waals surface area (Å²) in [6, 6.07) is 11.8. The molecule has 1 aromatic heterocycles. The van der Waals surface area contributed by atoms with E-state index in [9.17, 15) is 0 Å². The summed E-state index contributed by atoms with van der Waals surface area (Å²) in [4.78, 5) is 6.50. The Morgan fingerprint density at radius 1 is 1.14 bits per heavy atom. The van der Waals surface area contributed by atoms with Gasteiger partial charge in [0.05, 0.1) is 11.8 Å². The first-order chi connectivity index (χ1) is 10.6. The Kier molecular flexibility index (Phi) is 5.78. The zero-order valence-corrected chi connectivity index (χ0v) is 13.7. The molecule has 4 heteroatoms. The summed E-state index contributed by atoms with van der Waals surface area (Å²) < 4.78 is 11.7. The number of hydrogen-bond donors (Lipinski definition) is 0. The van der Waals surface area contributed by atoms with Gasteiger partial charge in [-0.2, -0.15) is 0 Å². The van der Waals surface area contributed by atoms with Crippen molar-refractivity contribution in [3.63, 3.8) is 0 Å². The molecule has 0 unspecified atom stereocenters. The standard InChI is InChI=1S/C18H24N2O2/c1-14(2)22-18-13-15(21-12-11-20(3)4)8-9-16(18)17-7-5-6-10-19-17/h5-10,13-14H,11-12H2,1-4H3. The molecule has 0 bridgehead atoms. The van der Waals surface area contributed by atoms with E-state index in [4.69, 9.17) is 9.47 Å². The summed E-state index contributed by atoms with van der Waals surface area (Å²) in [5, 5.41) is 0. The predicted molar refractivity (Wildman–Crippen MR) is 89.5 cm³/mol. The molecule has 0 N–H and O–H groups in total. The first-order valence-electron chi connectivity index (χ1n) is 7.56. The number of pyridine rings is 1. The number of likely N-dealkylation sites (N-methyl/N-ethyl adjacent to an activating group) is 1. The molecule has 4 nitrogen and oxygen atoms in total. The van der Waals surface area contributed by atoms with Gasteiger partial charge in [0.15, 0.2) is 0 Å². The van der Waals surface area contributed by atoms with Crippen LogP contribution >= 0.6 is 0 Å². The fourth-order valence-corrected chi connectivity index (χ4v) is 2.02. The quantitative estimate of drug-likeness (QED) is 0.784. The molecule has 0 atom stereocenters. The lowest BCUT2D eigenvalue weighted by molar-refractivity contribution is 0.238. The van der Waals surface area contributed by atoms with Gasteiger partial charge in [0.25, 0.3) is 0 Å². The Morgan fingerprint density at radius 2 is 1.95 bits per heavy atom. The van der Waals surface area contributed by atoms with E-state index in [1.54, 1.807) is 6.20 Å². The molecule has 2 aromatic rings. The van der Waals surface area contributed by atoms with Crippen LogP contribution in [0.1, 0.15) is 13.8 Å². The van der Waals surface area contributed by atoms with Crippen LogP contribution in [-0.4, -0.2) is 43.2 Å². The summed E-state index contributed by atoms with van der Waals surface area (Å²) in [7, 11) is 4.06. The van der Waals surface area contributed by atoms with E-state index in [0.717, 1.165) is 29.3 Å². The number of benzene rings is 1. The van der Waals surface area contributed by atoms with E-state index in [-0.39, 0.29) is 6.10 Å². The Bertz CT molecular complexity index is 583. The third-order valence-electron chi connectivity index (χ3n) is 3.06. The molecule has 2 rings (SSSR count). The maximum atomic E-state index is 5.94. The van der Waals surface area contributed by atoms with Crippen molar-refractivity contribution in [2.45, 2.75) is 20.0 Å². The van der Waals surface area contributed by atoms with Crippen molar-refractivity contribution in [3.8, 4) is 22.8 Å². The third kappa shape index (κ3) is 4.74. The summed E-state index contributed by atoms with van der Waals surface area (Å²) in [5.74, 6) is 1.62. The first-order valence-corrected chi connectivity index (χ1v) is 7.56. The minimum absolute atomic E-state index is 0.0967. The zero-order valence-electron chi connectivity index (χ0n) is 13.7. The highest BCUT2D eigenvalue weighted by Gasteiger charge is 2.11. The highest BCUT2D eigenvalue weighted by Crippen LogP contribution is 2.33. The minimum Gasteiger partial charge on any atom is -0.492 e. The average molecular weight is 300 g/mol. The van der Waals surface area contributed by atoms with Gasteiger partial charge < -0.3 is 14.4 Å². The molecule has 0 spiro atoms. The van der Waals surface area contributed by atoms with Gasteiger partial charge in [-0.05, 0) is 52.2 Å². The maximum Gasteiger partial charge on any atom is 0.132 e. The molecule has 0 fully saturated rings. The van der Waals surface area contributed by atoms with E-state index in [1.165, 1.54) is 0 Å². The molecular weight excluding hydrogens is 276 g/mol. The van der Waals surface area contributed by atoms with Crippen molar-refractivity contribution in [2.75, 3.05) is 27.2 Å². The van der Waals surface area contributed by atoms with Gasteiger partial charge in [0, 0.05) is 24.4 Å². The largest absolute Gasteiger partial charge is 0.492 e. The first kappa shape index (κ1) is 16.3. The summed E-state index contributed by atoms with van der Waals surface area (Å²) in [5.41, 5.74) is 1.88. The van der Waals surface area contributed by atoms with E-state index >= 15 is 0 Å². The van der Waals surface area contributed by atoms with Gasteiger partial charge in [0.1, 0.15) is 18.1 Å². The molecule has 118 valence electrons. The van der Waals surface area contributed by atoms with Crippen molar-refractivity contribution in [2.24, 2.45) is 0 Å². The van der Waals surface area contributed by atoms with E-state index in [1.807, 2.05) is 64.3 Å². The molecule has 22 heavy (non-hydrogen) atoms. The van der Waals surface area contributed by atoms with E-state index in [2.05, 4.69) is 9.88 Å². The second kappa shape index (κ2) is 7.80. The molecule has 1 heterocycles. The lowest BCUT2D eigenvalue weighted by Crippen LogP contribution is -2.19. The van der Waals surface area contributed by atoms with Gasteiger partial charge in [0.2, 0.25) is 0 Å². The van der Waals surface area contributed by atoms with Crippen LogP contribution < -0.4 is 9.47 Å². The van der Waals surface area contributed by atoms with Gasteiger partial charge >= 0.3 is 0 Å². The number of aromatic nitrogens is 1. The van der Waals surface area contributed by atoms with Crippen LogP contribution in [0.4, 0.5) is 0 Å². The second-order valence-electron chi connectivity index (χ2n) is 5.69. The van der Waals surface area contributed by atoms with Crippen LogP contribution in [-0.2, 0) is 0 Å². The molecule has 0 amide bonds. The molecule has 0 aliphatic heterocycles. The summed E-state index contributed by atoms with van der Waals surface area (Å²) in [6.07, 6.45) is 1.88. The molecule has 0 saturated heterocycles. The Balaban J connectivity index is 2.23. The normalized spacial score (nSPS) is 11.0. The molecule has 0 radical (unpaired) electrons. The van der Waals surface area contributed by atoms with Crippen molar-refractivity contribution < 1.29 is 9.47 Å². The molecule has 1 aromatic carbocycles. The fourth-order valence-electron chi connectivity index (χ4n) is 2.02. The van der Waals surface area contributed by atoms with Crippen LogP contribution in [0.2, 0.25) is 0 Å². The summed E-state index contributed by atoms with van der Waals surface area (Å²) in [6.45, 7) is 5.56. The highest BCUT2D eigenvalue weighted by molar-refractivity contribution is 5.68. The Morgan fingerprint density at radius 3 is 2.59 bits per heavy atom. The SMILES string of the molecule is CC(C)Oc1cc(OCCN(C)C)ccc1-c1ccccn1. The summed E-state index contributed by atoms with van der Waals surface area (Å²) >= 11 is 0. The monoisotopic (exact) mass is 300 g/mol. The highest BCUT2D eigenvalue weighted by atomic mass is 16.5. The second-order valence-corrected chi connectivity index (χ2v) is 5.69. The van der Waals surface area contributed by atoms with Crippen LogP contribution in [0.15, 0.2) is 42.6 Å². The third-order valence-corrected chi connectivity index (χ3v) is 3.06. The smallest absolute Gasteiger partial charge is 0.132 e. The van der Waals surface area contributed by atoms with Crippen molar-refractivity contribution >= 4 is 0 Å². The molecule has 0 aliphatic rings. The van der Waals surface area contributed by atoms with Crippen LogP contribution in [0.25, 0.3) is 11.3 Å². The van der Waals surface area contributed by atoms with Crippen molar-refractivity contribution in [1.29, 1.82) is 0 Å². The van der Waals surface area contributed by atoms with Gasteiger partial charge in [-0.25, -0.2) is 0 Å². The van der Waals surface area contributed by atoms with Crippen LogP contribution in [0, 0.1) is 0 Å². The minimum atomic E-state index is 0.0967. The van der Waals surface area contributed by atoms with Crippen molar-refractivity contribution in [1.82, 2.24) is 9.88 Å². The van der Waals surface area contributed by atoms with Crippen molar-refractivity contribution in [3.05, 3.63) is 42.6 Å². The zero-order chi connectivity index (χ0) is 15.9. The lowest BCUT2D eigenvalue weighted by Gasteiger charge is -2.16.